The third-order valence-electron chi connectivity index (χ3n) is 3.16. The van der Waals surface area contributed by atoms with Crippen LogP contribution >= 0.6 is 35.0 Å². The minimum absolute atomic E-state index is 0.0420. The number of nitro benzene ring substituents is 1. The number of nitrogens with one attached hydrogen (secondary N) is 1. The second kappa shape index (κ2) is 7.26. The molecule has 6 nitrogen and oxygen atoms in total. The summed E-state index contributed by atoms with van der Waals surface area (Å²) in [6.45, 7) is 0. The number of non-ortho nitro benzene ring substituents is 1. The van der Waals surface area contributed by atoms with E-state index in [4.69, 9.17) is 23.2 Å². The van der Waals surface area contributed by atoms with Gasteiger partial charge in [-0.05, 0) is 41.6 Å². The lowest BCUT2D eigenvalue weighted by Gasteiger charge is -2.00. The molecule has 126 valence electrons. The Balaban J connectivity index is 1.86. The van der Waals surface area contributed by atoms with Crippen LogP contribution < -0.4 is 5.32 Å². The molecule has 0 saturated carbocycles. The molecule has 0 radical (unpaired) electrons. The number of nitro groups is 1. The SMILES string of the molecule is O=C1NC(=Nc2ccc(Cl)cc2Cl)SC1=Cc1cccc([N+](=O)[O-])c1. The number of amidine groups is 1. The molecule has 1 aliphatic rings. The lowest BCUT2D eigenvalue weighted by Crippen LogP contribution is -2.19. The molecule has 3 rings (SSSR count). The molecule has 9 heteroatoms. The van der Waals surface area contributed by atoms with Gasteiger partial charge in [-0.25, -0.2) is 4.99 Å². The molecule has 1 amide bonds. The average molecular weight is 394 g/mol. The van der Waals surface area contributed by atoms with E-state index in [1.807, 2.05) is 0 Å². The van der Waals surface area contributed by atoms with Crippen molar-refractivity contribution in [1.82, 2.24) is 5.32 Å². The first-order chi connectivity index (χ1) is 11.9. The molecule has 25 heavy (non-hydrogen) atoms. The average Bonchev–Trinajstić information content (AvgIpc) is 2.90. The predicted molar refractivity (Wildman–Crippen MR) is 100 cm³/mol. The van der Waals surface area contributed by atoms with Crippen LogP contribution in [0, 0.1) is 10.1 Å². The van der Waals surface area contributed by atoms with Gasteiger partial charge in [0.2, 0.25) is 0 Å². The number of hydrogen-bond acceptors (Lipinski definition) is 5. The Bertz CT molecular complexity index is 944. The maximum atomic E-state index is 12.1. The zero-order valence-corrected chi connectivity index (χ0v) is 14.7. The molecule has 2 aromatic rings. The van der Waals surface area contributed by atoms with E-state index in [2.05, 4.69) is 10.3 Å². The largest absolute Gasteiger partial charge is 0.300 e. The first-order valence-corrected chi connectivity index (χ1v) is 8.49. The normalized spacial score (nSPS) is 17.1. The Hall–Kier alpha value is -2.35. The highest BCUT2D eigenvalue weighted by molar-refractivity contribution is 8.18. The summed E-state index contributed by atoms with van der Waals surface area (Å²) in [5.74, 6) is -0.333. The summed E-state index contributed by atoms with van der Waals surface area (Å²) in [5.41, 5.74) is 0.989. The number of amides is 1. The van der Waals surface area contributed by atoms with Gasteiger partial charge < -0.3 is 5.32 Å². The van der Waals surface area contributed by atoms with Crippen LogP contribution in [0.2, 0.25) is 10.0 Å². The monoisotopic (exact) mass is 393 g/mol. The number of thioether (sulfide) groups is 1. The number of carbonyl (C=O) groups is 1. The van der Waals surface area contributed by atoms with Gasteiger partial charge in [-0.1, -0.05) is 35.3 Å². The number of rotatable bonds is 3. The van der Waals surface area contributed by atoms with E-state index in [1.54, 1.807) is 36.4 Å². The number of halogens is 2. The number of nitrogens with zero attached hydrogens (tertiary/aromatic N) is 2. The number of benzene rings is 2. The zero-order chi connectivity index (χ0) is 18.0. The molecule has 1 saturated heterocycles. The summed E-state index contributed by atoms with van der Waals surface area (Å²) in [7, 11) is 0. The van der Waals surface area contributed by atoms with Crippen molar-refractivity contribution in [3.05, 3.63) is 73.1 Å². The third-order valence-corrected chi connectivity index (χ3v) is 4.61. The van der Waals surface area contributed by atoms with Crippen LogP contribution in [-0.2, 0) is 4.79 Å². The van der Waals surface area contributed by atoms with Crippen LogP contribution in [0.15, 0.2) is 52.4 Å². The number of hydrogen-bond donors (Lipinski definition) is 1. The fraction of sp³-hybridized carbons (Fsp3) is 0. The van der Waals surface area contributed by atoms with Gasteiger partial charge in [-0.3, -0.25) is 14.9 Å². The minimum atomic E-state index is -0.487. The quantitative estimate of drug-likeness (QED) is 0.461. The fourth-order valence-corrected chi connectivity index (χ4v) is 3.33. The van der Waals surface area contributed by atoms with Crippen LogP contribution in [-0.4, -0.2) is 16.0 Å². The molecule has 2 aromatic carbocycles. The first kappa shape index (κ1) is 17.5. The van der Waals surface area contributed by atoms with E-state index in [0.29, 0.717) is 31.4 Å². The molecule has 0 aliphatic carbocycles. The summed E-state index contributed by atoms with van der Waals surface area (Å²) in [5, 5.41) is 14.7. The Morgan fingerprint density at radius 3 is 2.72 bits per heavy atom. The van der Waals surface area contributed by atoms with E-state index < -0.39 is 4.92 Å². The lowest BCUT2D eigenvalue weighted by atomic mass is 10.2. The number of aliphatic imine (C=N–C) groups is 1. The highest BCUT2D eigenvalue weighted by atomic mass is 35.5. The second-order valence-electron chi connectivity index (χ2n) is 4.93. The van der Waals surface area contributed by atoms with Gasteiger partial charge in [0, 0.05) is 17.2 Å². The highest BCUT2D eigenvalue weighted by Gasteiger charge is 2.24. The van der Waals surface area contributed by atoms with E-state index in [1.165, 1.54) is 12.1 Å². The van der Waals surface area contributed by atoms with Crippen molar-refractivity contribution in [1.29, 1.82) is 0 Å². The van der Waals surface area contributed by atoms with Gasteiger partial charge in [0.1, 0.15) is 0 Å². The van der Waals surface area contributed by atoms with E-state index in [0.717, 1.165) is 11.8 Å². The van der Waals surface area contributed by atoms with E-state index in [9.17, 15) is 14.9 Å². The Kier molecular flexibility index (Phi) is 5.08. The van der Waals surface area contributed by atoms with E-state index >= 15 is 0 Å². The lowest BCUT2D eigenvalue weighted by molar-refractivity contribution is -0.384. The van der Waals surface area contributed by atoms with Crippen molar-refractivity contribution >= 4 is 63.5 Å². The summed E-state index contributed by atoms with van der Waals surface area (Å²) >= 11 is 13.0. The molecule has 1 heterocycles. The van der Waals surface area contributed by atoms with Gasteiger partial charge in [-0.15, -0.1) is 0 Å². The molecule has 0 atom stereocenters. The maximum absolute atomic E-state index is 12.1. The van der Waals surface area contributed by atoms with Crippen molar-refractivity contribution in [3.63, 3.8) is 0 Å². The molecule has 0 spiro atoms. The van der Waals surface area contributed by atoms with Crippen molar-refractivity contribution in [3.8, 4) is 0 Å². The molecule has 0 unspecified atom stereocenters. The van der Waals surface area contributed by atoms with Crippen molar-refractivity contribution in [2.45, 2.75) is 0 Å². The van der Waals surface area contributed by atoms with Crippen LogP contribution in [0.25, 0.3) is 6.08 Å². The third kappa shape index (κ3) is 4.19. The predicted octanol–water partition coefficient (Wildman–Crippen LogP) is 4.79. The van der Waals surface area contributed by atoms with Crippen molar-refractivity contribution in [2.75, 3.05) is 0 Å². The van der Waals surface area contributed by atoms with Crippen molar-refractivity contribution in [2.24, 2.45) is 4.99 Å². The minimum Gasteiger partial charge on any atom is -0.300 e. The molecule has 1 fully saturated rings. The molecular formula is C16H9Cl2N3O3S. The van der Waals surface area contributed by atoms with Crippen molar-refractivity contribution < 1.29 is 9.72 Å². The van der Waals surface area contributed by atoms with Gasteiger partial charge >= 0.3 is 0 Å². The molecule has 0 aromatic heterocycles. The fourth-order valence-electron chi connectivity index (χ4n) is 2.04. The molecular weight excluding hydrogens is 385 g/mol. The van der Waals surface area contributed by atoms with Crippen LogP contribution in [0.3, 0.4) is 0 Å². The first-order valence-electron chi connectivity index (χ1n) is 6.91. The molecule has 0 bridgehead atoms. The summed E-state index contributed by atoms with van der Waals surface area (Å²) in [6, 6.07) is 10.9. The van der Waals surface area contributed by atoms with Gasteiger partial charge in [0.05, 0.1) is 20.5 Å². The Morgan fingerprint density at radius 1 is 1.20 bits per heavy atom. The maximum Gasteiger partial charge on any atom is 0.270 e. The smallest absolute Gasteiger partial charge is 0.270 e. The zero-order valence-electron chi connectivity index (χ0n) is 12.4. The van der Waals surface area contributed by atoms with Gasteiger partial charge in [0.25, 0.3) is 11.6 Å². The van der Waals surface area contributed by atoms with Crippen LogP contribution in [0.4, 0.5) is 11.4 Å². The Labute approximate surface area is 156 Å². The second-order valence-corrected chi connectivity index (χ2v) is 6.80. The Morgan fingerprint density at radius 2 is 2.00 bits per heavy atom. The highest BCUT2D eigenvalue weighted by Crippen LogP contribution is 2.32. The van der Waals surface area contributed by atoms with E-state index in [-0.39, 0.29) is 11.6 Å². The van der Waals surface area contributed by atoms with Crippen LogP contribution in [0.5, 0.6) is 0 Å². The van der Waals surface area contributed by atoms with Crippen LogP contribution in [0.1, 0.15) is 5.56 Å². The summed E-state index contributed by atoms with van der Waals surface area (Å²) < 4.78 is 0. The standard InChI is InChI=1S/C16H9Cl2N3O3S/c17-10-4-5-13(12(18)8-10)19-16-20-15(22)14(25-16)7-9-2-1-3-11(6-9)21(23)24/h1-8H,(H,19,20,22). The molecule has 1 aliphatic heterocycles. The summed E-state index contributed by atoms with van der Waals surface area (Å²) in [6.07, 6.45) is 1.57. The topological polar surface area (TPSA) is 84.6 Å². The van der Waals surface area contributed by atoms with Gasteiger partial charge in [0.15, 0.2) is 5.17 Å². The molecule has 1 N–H and O–H groups in total. The summed E-state index contributed by atoms with van der Waals surface area (Å²) in [4.78, 5) is 27.1. The number of carbonyl (C=O) groups excluding carboxylic acids is 1. The van der Waals surface area contributed by atoms with Gasteiger partial charge in [-0.2, -0.15) is 0 Å².